The van der Waals surface area contributed by atoms with Crippen molar-refractivity contribution in [2.24, 2.45) is 0 Å². The number of halogens is 1. The second-order valence-electron chi connectivity index (χ2n) is 4.82. The first-order valence-electron chi connectivity index (χ1n) is 7.45. The lowest BCUT2D eigenvalue weighted by molar-refractivity contribution is 0.0446. The number of hydrogen-bond donors (Lipinski definition) is 0. The van der Waals surface area contributed by atoms with E-state index >= 15 is 0 Å². The topological polar surface area (TPSA) is 63.2 Å². The van der Waals surface area contributed by atoms with Gasteiger partial charge in [0.25, 0.3) is 0 Å². The van der Waals surface area contributed by atoms with Crippen LogP contribution in [0.5, 0.6) is 23.0 Å². The Balaban J connectivity index is 1.98. The van der Waals surface area contributed by atoms with Crippen LogP contribution >= 0.6 is 11.6 Å². The van der Waals surface area contributed by atoms with Crippen LogP contribution in [0.15, 0.2) is 36.4 Å². The number of hydrogen-bond acceptors (Lipinski definition) is 6. The summed E-state index contributed by atoms with van der Waals surface area (Å²) < 4.78 is 26.4. The van der Waals surface area contributed by atoms with Crippen LogP contribution in [0, 0.1) is 0 Å². The highest BCUT2D eigenvalue weighted by atomic mass is 35.5. The Labute approximate surface area is 151 Å². The maximum absolute atomic E-state index is 12.3. The fourth-order valence-electron chi connectivity index (χ4n) is 2.19. The SMILES string of the molecule is COc1ccc(C(=O)OCCOc2cccc(Cl)c2)c(OC)c1OC. The van der Waals surface area contributed by atoms with Crippen molar-refractivity contribution in [3.8, 4) is 23.0 Å². The summed E-state index contributed by atoms with van der Waals surface area (Å²) in [7, 11) is 4.41. The first kappa shape index (κ1) is 18.7. The summed E-state index contributed by atoms with van der Waals surface area (Å²) in [6, 6.07) is 10.1. The minimum atomic E-state index is -0.549. The highest BCUT2D eigenvalue weighted by molar-refractivity contribution is 6.30. The fraction of sp³-hybridized carbons (Fsp3) is 0.278. The Kier molecular flexibility index (Phi) is 6.77. The normalized spacial score (nSPS) is 10.1. The molecule has 0 aliphatic rings. The molecule has 7 heteroatoms. The van der Waals surface area contributed by atoms with E-state index in [0.29, 0.717) is 22.3 Å². The van der Waals surface area contributed by atoms with E-state index in [1.165, 1.54) is 21.3 Å². The number of rotatable bonds is 8. The van der Waals surface area contributed by atoms with Gasteiger partial charge in [-0.25, -0.2) is 4.79 Å². The fourth-order valence-corrected chi connectivity index (χ4v) is 2.37. The number of carbonyl (C=O) groups is 1. The molecule has 0 spiro atoms. The molecule has 0 saturated carbocycles. The summed E-state index contributed by atoms with van der Waals surface area (Å²) in [6.07, 6.45) is 0. The zero-order valence-corrected chi connectivity index (χ0v) is 15.0. The molecule has 0 aliphatic carbocycles. The van der Waals surface area contributed by atoms with Gasteiger partial charge in [0.05, 0.1) is 21.3 Å². The van der Waals surface area contributed by atoms with Crippen LogP contribution in [-0.2, 0) is 4.74 Å². The average Bonchev–Trinajstić information content (AvgIpc) is 2.63. The van der Waals surface area contributed by atoms with Gasteiger partial charge in [-0.15, -0.1) is 0 Å². The van der Waals surface area contributed by atoms with Crippen LogP contribution in [0.3, 0.4) is 0 Å². The number of benzene rings is 2. The van der Waals surface area contributed by atoms with E-state index in [1.807, 2.05) is 0 Å². The minimum Gasteiger partial charge on any atom is -0.493 e. The summed E-state index contributed by atoms with van der Waals surface area (Å²) in [4.78, 5) is 12.3. The first-order valence-corrected chi connectivity index (χ1v) is 7.83. The molecule has 25 heavy (non-hydrogen) atoms. The van der Waals surface area contributed by atoms with Gasteiger partial charge in [-0.2, -0.15) is 0 Å². The van der Waals surface area contributed by atoms with Crippen LogP contribution < -0.4 is 18.9 Å². The van der Waals surface area contributed by atoms with Crippen molar-refractivity contribution in [1.82, 2.24) is 0 Å². The van der Waals surface area contributed by atoms with Crippen molar-refractivity contribution in [2.75, 3.05) is 34.5 Å². The lowest BCUT2D eigenvalue weighted by atomic mass is 10.1. The molecule has 0 aromatic heterocycles. The molecule has 6 nitrogen and oxygen atoms in total. The van der Waals surface area contributed by atoms with Crippen LogP contribution in [0.2, 0.25) is 5.02 Å². The molecule has 0 bridgehead atoms. The van der Waals surface area contributed by atoms with E-state index in [-0.39, 0.29) is 24.5 Å². The highest BCUT2D eigenvalue weighted by Gasteiger charge is 2.21. The molecule has 0 amide bonds. The van der Waals surface area contributed by atoms with Crippen LogP contribution in [0.4, 0.5) is 0 Å². The van der Waals surface area contributed by atoms with E-state index in [9.17, 15) is 4.79 Å². The van der Waals surface area contributed by atoms with E-state index in [0.717, 1.165) is 0 Å². The molecule has 0 atom stereocenters. The number of carbonyl (C=O) groups excluding carboxylic acids is 1. The molecule has 2 rings (SSSR count). The molecule has 0 fully saturated rings. The monoisotopic (exact) mass is 366 g/mol. The Morgan fingerprint density at radius 3 is 2.36 bits per heavy atom. The van der Waals surface area contributed by atoms with Gasteiger partial charge < -0.3 is 23.7 Å². The Morgan fingerprint density at radius 1 is 0.960 bits per heavy atom. The maximum Gasteiger partial charge on any atom is 0.342 e. The summed E-state index contributed by atoms with van der Waals surface area (Å²) in [6.45, 7) is 0.268. The minimum absolute atomic E-state index is 0.0723. The third-order valence-corrected chi connectivity index (χ3v) is 3.54. The Morgan fingerprint density at radius 2 is 1.72 bits per heavy atom. The molecule has 0 saturated heterocycles. The summed E-state index contributed by atoms with van der Waals surface area (Å²) in [5.74, 6) is 1.09. The van der Waals surface area contributed by atoms with E-state index in [1.54, 1.807) is 36.4 Å². The van der Waals surface area contributed by atoms with Gasteiger partial charge >= 0.3 is 5.97 Å². The number of ether oxygens (including phenoxy) is 5. The lowest BCUT2D eigenvalue weighted by Gasteiger charge is -2.15. The third-order valence-electron chi connectivity index (χ3n) is 3.31. The second kappa shape index (κ2) is 9.03. The zero-order valence-electron chi connectivity index (χ0n) is 14.2. The average molecular weight is 367 g/mol. The molecular formula is C18H19ClO6. The summed E-state index contributed by atoms with van der Waals surface area (Å²) >= 11 is 5.87. The van der Waals surface area contributed by atoms with Gasteiger partial charge in [0, 0.05) is 5.02 Å². The Bertz CT molecular complexity index is 732. The van der Waals surface area contributed by atoms with E-state index in [4.69, 9.17) is 35.3 Å². The van der Waals surface area contributed by atoms with Crippen molar-refractivity contribution < 1.29 is 28.5 Å². The van der Waals surface area contributed by atoms with Crippen LogP contribution in [0.25, 0.3) is 0 Å². The highest BCUT2D eigenvalue weighted by Crippen LogP contribution is 2.39. The molecule has 0 aliphatic heterocycles. The van der Waals surface area contributed by atoms with Crippen LogP contribution in [0.1, 0.15) is 10.4 Å². The van der Waals surface area contributed by atoms with Crippen molar-refractivity contribution >= 4 is 17.6 Å². The van der Waals surface area contributed by atoms with Gasteiger partial charge in [0.15, 0.2) is 11.5 Å². The van der Waals surface area contributed by atoms with E-state index in [2.05, 4.69) is 0 Å². The van der Waals surface area contributed by atoms with Crippen LogP contribution in [-0.4, -0.2) is 40.5 Å². The van der Waals surface area contributed by atoms with Gasteiger partial charge in [0.1, 0.15) is 24.5 Å². The summed E-state index contributed by atoms with van der Waals surface area (Å²) in [5, 5.41) is 0.574. The molecule has 0 unspecified atom stereocenters. The standard InChI is InChI=1S/C18H19ClO6/c1-21-15-8-7-14(16(22-2)17(15)23-3)18(20)25-10-9-24-13-6-4-5-12(19)11-13/h4-8,11H,9-10H2,1-3H3. The van der Waals surface area contributed by atoms with Gasteiger partial charge in [-0.3, -0.25) is 0 Å². The predicted octanol–water partition coefficient (Wildman–Crippen LogP) is 3.60. The summed E-state index contributed by atoms with van der Waals surface area (Å²) in [5.41, 5.74) is 0.239. The molecule has 0 heterocycles. The molecule has 2 aromatic carbocycles. The molecule has 2 aromatic rings. The Hall–Kier alpha value is -2.60. The number of methoxy groups -OCH3 is 3. The lowest BCUT2D eigenvalue weighted by Crippen LogP contribution is -2.13. The van der Waals surface area contributed by atoms with Gasteiger partial charge in [-0.1, -0.05) is 17.7 Å². The second-order valence-corrected chi connectivity index (χ2v) is 5.26. The first-order chi connectivity index (χ1) is 12.1. The predicted molar refractivity (Wildman–Crippen MR) is 93.3 cm³/mol. The van der Waals surface area contributed by atoms with E-state index < -0.39 is 5.97 Å². The quantitative estimate of drug-likeness (QED) is 0.525. The van der Waals surface area contributed by atoms with Crippen molar-refractivity contribution in [3.63, 3.8) is 0 Å². The smallest absolute Gasteiger partial charge is 0.342 e. The van der Waals surface area contributed by atoms with Crippen molar-refractivity contribution in [1.29, 1.82) is 0 Å². The molecule has 134 valence electrons. The van der Waals surface area contributed by atoms with Crippen molar-refractivity contribution in [3.05, 3.63) is 47.0 Å². The third kappa shape index (κ3) is 4.70. The van der Waals surface area contributed by atoms with Crippen molar-refractivity contribution in [2.45, 2.75) is 0 Å². The zero-order chi connectivity index (χ0) is 18.2. The molecular weight excluding hydrogens is 348 g/mol. The largest absolute Gasteiger partial charge is 0.493 e. The maximum atomic E-state index is 12.3. The number of esters is 1. The van der Waals surface area contributed by atoms with Gasteiger partial charge in [-0.05, 0) is 30.3 Å². The molecule has 0 N–H and O–H groups in total. The molecule has 0 radical (unpaired) electrons. The van der Waals surface area contributed by atoms with Gasteiger partial charge in [0.2, 0.25) is 5.75 Å².